The van der Waals surface area contributed by atoms with Crippen molar-refractivity contribution in [2.24, 2.45) is 0 Å². The molecule has 0 amide bonds. The molecule has 0 aromatic carbocycles. The third-order valence-electron chi connectivity index (χ3n) is 0. The van der Waals surface area contributed by atoms with Gasteiger partial charge in [-0.3, -0.25) is 0 Å². The molecule has 2 N–H and O–H groups in total. The second-order valence-corrected chi connectivity index (χ2v) is 1.22. The van der Waals surface area contributed by atoms with Crippen molar-refractivity contribution in [3.05, 3.63) is 0 Å². The lowest BCUT2D eigenvalue weighted by molar-refractivity contribution is 0.824. The second-order valence-electron chi connectivity index (χ2n) is 0.408. The minimum Gasteiger partial charge on any atom is -0.412 e. The molecule has 0 heterocycles. The van der Waals surface area contributed by atoms with Crippen molar-refractivity contribution in [1.29, 1.82) is 0 Å². The molecule has 0 atom stereocenters. The zero-order valence-corrected chi connectivity index (χ0v) is 3.72. The summed E-state index contributed by atoms with van der Waals surface area (Å²) in [6, 6.07) is 0. The summed E-state index contributed by atoms with van der Waals surface area (Å²) in [5.74, 6) is 0. The van der Waals surface area contributed by atoms with E-state index in [1.54, 1.807) is 11.8 Å². The minimum absolute atomic E-state index is 0. The lowest BCUT2D eigenvalue weighted by Gasteiger charge is -1.51. The number of hydrogen-bond acceptors (Lipinski definition) is 1. The number of rotatable bonds is 0. The zero-order valence-electron chi connectivity index (χ0n) is 2.91. The fourth-order valence-corrected chi connectivity index (χ4v) is 0. The Morgan fingerprint density at radius 1 is 1.25 bits per heavy atom. The molecule has 0 aromatic heterocycles. The summed E-state index contributed by atoms with van der Waals surface area (Å²) in [4.78, 5) is 0. The van der Waals surface area contributed by atoms with Crippen molar-refractivity contribution in [2.45, 2.75) is 0 Å². The smallest absolute Gasteiger partial charge is 0.0187 e. The molecule has 0 radical (unpaired) electrons. The Hall–Kier alpha value is 0.310. The molecular weight excluding hydrogens is 72.1 g/mol. The third-order valence-corrected chi connectivity index (χ3v) is 0. The van der Waals surface area contributed by atoms with Crippen LogP contribution in [-0.2, 0) is 0 Å². The molecule has 0 rings (SSSR count). The quantitative estimate of drug-likeness (QED) is 0.407. The van der Waals surface area contributed by atoms with Crippen LogP contribution < -0.4 is 0 Å². The molecule has 0 saturated carbocycles. The van der Waals surface area contributed by atoms with Gasteiger partial charge in [0.25, 0.3) is 0 Å². The summed E-state index contributed by atoms with van der Waals surface area (Å²) in [6.07, 6.45) is 4.08. The van der Waals surface area contributed by atoms with E-state index in [1.807, 2.05) is 12.5 Å². The fraction of sp³-hybridized carbons (Fsp3) is 1.00. The number of thioether (sulfide) groups is 1. The summed E-state index contributed by atoms with van der Waals surface area (Å²) >= 11 is 1.75. The van der Waals surface area contributed by atoms with Crippen LogP contribution in [0.3, 0.4) is 0 Å². The van der Waals surface area contributed by atoms with Crippen LogP contribution in [0.15, 0.2) is 0 Å². The number of hydrogen-bond donors (Lipinski definition) is 0. The van der Waals surface area contributed by atoms with Crippen LogP contribution in [0, 0.1) is 0 Å². The first kappa shape index (κ1) is 8.85. The maximum absolute atomic E-state index is 2.04. The van der Waals surface area contributed by atoms with E-state index < -0.39 is 0 Å². The highest BCUT2D eigenvalue weighted by Crippen LogP contribution is 1.70. The summed E-state index contributed by atoms with van der Waals surface area (Å²) in [7, 11) is 0. The molecule has 28 valence electrons. The van der Waals surface area contributed by atoms with Gasteiger partial charge in [0.15, 0.2) is 0 Å². The Bertz CT molecular complexity index is 6.00. The molecule has 0 unspecified atom stereocenters. The molecule has 0 aliphatic carbocycles. The van der Waals surface area contributed by atoms with Crippen molar-refractivity contribution in [2.75, 3.05) is 12.5 Å². The van der Waals surface area contributed by atoms with Crippen molar-refractivity contribution in [1.82, 2.24) is 0 Å². The van der Waals surface area contributed by atoms with Gasteiger partial charge in [0.05, 0.1) is 0 Å². The van der Waals surface area contributed by atoms with E-state index in [1.165, 1.54) is 0 Å². The molecule has 4 heavy (non-hydrogen) atoms. The van der Waals surface area contributed by atoms with Gasteiger partial charge in [0, 0.05) is 0 Å². The van der Waals surface area contributed by atoms with Crippen LogP contribution in [0.5, 0.6) is 0 Å². The normalized spacial score (nSPS) is 4.50. The fourth-order valence-electron chi connectivity index (χ4n) is 0. The maximum Gasteiger partial charge on any atom is -0.0187 e. The van der Waals surface area contributed by atoms with E-state index in [2.05, 4.69) is 0 Å². The van der Waals surface area contributed by atoms with Crippen LogP contribution in [0.25, 0.3) is 0 Å². The topological polar surface area (TPSA) is 31.5 Å². The molecule has 1 nitrogen and oxygen atoms in total. The minimum atomic E-state index is 0. The first-order valence-corrected chi connectivity index (χ1v) is 2.45. The van der Waals surface area contributed by atoms with Crippen LogP contribution >= 0.6 is 11.8 Å². The van der Waals surface area contributed by atoms with Gasteiger partial charge in [-0.05, 0) is 12.5 Å². The van der Waals surface area contributed by atoms with Gasteiger partial charge in [-0.2, -0.15) is 11.8 Å². The maximum atomic E-state index is 2.04. The molecule has 0 aliphatic rings. The Kier molecular flexibility index (Phi) is 22.8. The molecule has 0 saturated heterocycles. The predicted octanol–water partition coefficient (Wildman–Crippen LogP) is 0.154. The van der Waals surface area contributed by atoms with Gasteiger partial charge in [-0.25, -0.2) is 0 Å². The summed E-state index contributed by atoms with van der Waals surface area (Å²) < 4.78 is 0. The molecular formula is C2H8OS. The highest BCUT2D eigenvalue weighted by molar-refractivity contribution is 7.97. The van der Waals surface area contributed by atoms with E-state index in [0.29, 0.717) is 0 Å². The Balaban J connectivity index is 0. The first-order chi connectivity index (χ1) is 1.41. The van der Waals surface area contributed by atoms with Crippen molar-refractivity contribution < 1.29 is 5.48 Å². The van der Waals surface area contributed by atoms with Crippen molar-refractivity contribution in [3.63, 3.8) is 0 Å². The van der Waals surface area contributed by atoms with Gasteiger partial charge >= 0.3 is 0 Å². The Labute approximate surface area is 30.7 Å². The van der Waals surface area contributed by atoms with Crippen LogP contribution in [-0.4, -0.2) is 18.0 Å². The molecule has 0 fully saturated rings. The highest BCUT2D eigenvalue weighted by Gasteiger charge is 1.32. The lowest BCUT2D eigenvalue weighted by atomic mass is 11.9. The average molecular weight is 80.2 g/mol. The van der Waals surface area contributed by atoms with Gasteiger partial charge in [-0.1, -0.05) is 0 Å². The van der Waals surface area contributed by atoms with Crippen LogP contribution in [0.4, 0.5) is 0 Å². The monoisotopic (exact) mass is 80.0 g/mol. The Morgan fingerprint density at radius 2 is 1.25 bits per heavy atom. The van der Waals surface area contributed by atoms with Crippen LogP contribution in [0.2, 0.25) is 0 Å². The highest BCUT2D eigenvalue weighted by atomic mass is 32.2. The van der Waals surface area contributed by atoms with Gasteiger partial charge in [-0.15, -0.1) is 0 Å². The largest absolute Gasteiger partial charge is 0.412 e. The van der Waals surface area contributed by atoms with Crippen LogP contribution in [0.1, 0.15) is 0 Å². The molecule has 0 bridgehead atoms. The summed E-state index contributed by atoms with van der Waals surface area (Å²) in [5.41, 5.74) is 0. The van der Waals surface area contributed by atoms with Gasteiger partial charge in [0.1, 0.15) is 0 Å². The second kappa shape index (κ2) is 10.3. The molecule has 2 heteroatoms. The standard InChI is InChI=1S/C2H6S.H2O/c1-3-2;/h1-2H3;1H2. The predicted molar refractivity (Wildman–Crippen MR) is 23.1 cm³/mol. The zero-order chi connectivity index (χ0) is 2.71. The van der Waals surface area contributed by atoms with E-state index in [4.69, 9.17) is 0 Å². The Morgan fingerprint density at radius 3 is 1.25 bits per heavy atom. The SMILES string of the molecule is CSC.O. The van der Waals surface area contributed by atoms with E-state index in [9.17, 15) is 0 Å². The summed E-state index contributed by atoms with van der Waals surface area (Å²) in [5, 5.41) is 0. The molecule has 0 spiro atoms. The molecule has 0 aliphatic heterocycles. The lowest BCUT2D eigenvalue weighted by Crippen LogP contribution is -1.25. The van der Waals surface area contributed by atoms with E-state index >= 15 is 0 Å². The van der Waals surface area contributed by atoms with Gasteiger partial charge in [0.2, 0.25) is 0 Å². The third kappa shape index (κ3) is 41.3. The average Bonchev–Trinajstić information content (AvgIpc) is 0.918. The van der Waals surface area contributed by atoms with E-state index in [0.717, 1.165) is 0 Å². The first-order valence-electron chi connectivity index (χ1n) is 0.816. The molecule has 0 aromatic rings. The van der Waals surface area contributed by atoms with Crippen molar-refractivity contribution in [3.8, 4) is 0 Å². The van der Waals surface area contributed by atoms with Crippen molar-refractivity contribution >= 4 is 11.8 Å². The van der Waals surface area contributed by atoms with E-state index in [-0.39, 0.29) is 5.48 Å². The van der Waals surface area contributed by atoms with Gasteiger partial charge < -0.3 is 5.48 Å². The summed E-state index contributed by atoms with van der Waals surface area (Å²) in [6.45, 7) is 0.